The van der Waals surface area contributed by atoms with Crippen LogP contribution in [-0.4, -0.2) is 66.9 Å². The number of amides is 1. The number of ether oxygens (including phenoxy) is 1. The molecule has 8 heteroatoms. The molecule has 0 spiro atoms. The SMILES string of the molecule is CCN(C)C=Nc1cc(C)c(Cc2nc(-c3ccc(C(=O)N4CCOCC4)cc3)cs2)cc1C.Cl. The van der Waals surface area contributed by atoms with Crippen LogP contribution >= 0.6 is 23.7 Å². The normalized spacial score (nSPS) is 13.7. The van der Waals surface area contributed by atoms with Crippen LogP contribution in [0.2, 0.25) is 0 Å². The van der Waals surface area contributed by atoms with Gasteiger partial charge in [-0.2, -0.15) is 0 Å². The molecule has 1 aliphatic heterocycles. The third kappa shape index (κ3) is 6.69. The van der Waals surface area contributed by atoms with Crippen molar-refractivity contribution in [1.82, 2.24) is 14.8 Å². The third-order valence-electron chi connectivity index (χ3n) is 6.17. The monoisotopic (exact) mass is 512 g/mol. The summed E-state index contributed by atoms with van der Waals surface area (Å²) in [5.41, 5.74) is 7.35. The van der Waals surface area contributed by atoms with E-state index in [-0.39, 0.29) is 18.3 Å². The number of halogens is 1. The van der Waals surface area contributed by atoms with Crippen LogP contribution in [0.4, 0.5) is 5.69 Å². The Bertz CT molecular complexity index is 1170. The molecule has 1 aromatic heterocycles. The van der Waals surface area contributed by atoms with E-state index in [1.165, 1.54) is 16.7 Å². The maximum Gasteiger partial charge on any atom is 0.254 e. The minimum atomic E-state index is 0. The van der Waals surface area contributed by atoms with E-state index < -0.39 is 0 Å². The van der Waals surface area contributed by atoms with E-state index >= 15 is 0 Å². The summed E-state index contributed by atoms with van der Waals surface area (Å²) >= 11 is 1.67. The smallest absolute Gasteiger partial charge is 0.254 e. The van der Waals surface area contributed by atoms with Crippen molar-refractivity contribution < 1.29 is 9.53 Å². The minimum absolute atomic E-state index is 0. The predicted molar refractivity (Wildman–Crippen MR) is 147 cm³/mol. The lowest BCUT2D eigenvalue weighted by Gasteiger charge is -2.26. The first kappa shape index (κ1) is 26.9. The van der Waals surface area contributed by atoms with Crippen molar-refractivity contribution >= 4 is 41.7 Å². The van der Waals surface area contributed by atoms with E-state index in [4.69, 9.17) is 9.72 Å². The molecule has 186 valence electrons. The molecule has 0 bridgehead atoms. The zero-order valence-electron chi connectivity index (χ0n) is 20.8. The maximum absolute atomic E-state index is 12.7. The van der Waals surface area contributed by atoms with Crippen molar-refractivity contribution in [3.63, 3.8) is 0 Å². The van der Waals surface area contributed by atoms with E-state index in [0.717, 1.165) is 34.9 Å². The highest BCUT2D eigenvalue weighted by molar-refractivity contribution is 7.10. The Kier molecular flexibility index (Phi) is 9.43. The van der Waals surface area contributed by atoms with E-state index in [1.807, 2.05) is 42.6 Å². The number of aryl methyl sites for hydroxylation is 2. The Balaban J connectivity index is 0.00000342. The lowest BCUT2D eigenvalue weighted by molar-refractivity contribution is 0.0303. The van der Waals surface area contributed by atoms with E-state index in [9.17, 15) is 4.79 Å². The largest absolute Gasteiger partial charge is 0.378 e. The number of hydrogen-bond donors (Lipinski definition) is 0. The Morgan fingerprint density at radius 2 is 1.89 bits per heavy atom. The Hall–Kier alpha value is -2.74. The second-order valence-electron chi connectivity index (χ2n) is 8.67. The number of nitrogens with zero attached hydrogens (tertiary/aromatic N) is 4. The number of rotatable bonds is 7. The summed E-state index contributed by atoms with van der Waals surface area (Å²) < 4.78 is 5.34. The molecule has 3 aromatic rings. The van der Waals surface area contributed by atoms with Crippen molar-refractivity contribution in [1.29, 1.82) is 0 Å². The number of morpholine rings is 1. The molecule has 6 nitrogen and oxygen atoms in total. The number of thiazole rings is 1. The highest BCUT2D eigenvalue weighted by Gasteiger charge is 2.18. The number of carbonyl (C=O) groups excluding carboxylic acids is 1. The van der Waals surface area contributed by atoms with Crippen LogP contribution < -0.4 is 0 Å². The van der Waals surface area contributed by atoms with Crippen LogP contribution in [0.3, 0.4) is 0 Å². The predicted octanol–water partition coefficient (Wildman–Crippen LogP) is 5.52. The molecule has 1 amide bonds. The molecule has 0 N–H and O–H groups in total. The van der Waals surface area contributed by atoms with Gasteiger partial charge in [-0.25, -0.2) is 9.98 Å². The van der Waals surface area contributed by atoms with Gasteiger partial charge in [0.25, 0.3) is 5.91 Å². The molecule has 0 atom stereocenters. The molecule has 4 rings (SSSR count). The molecule has 1 aliphatic rings. The van der Waals surface area contributed by atoms with Gasteiger partial charge in [0.1, 0.15) is 0 Å². The molecule has 0 aliphatic carbocycles. The van der Waals surface area contributed by atoms with Gasteiger partial charge in [0, 0.05) is 49.6 Å². The number of aromatic nitrogens is 1. The van der Waals surface area contributed by atoms with Crippen LogP contribution in [0.25, 0.3) is 11.3 Å². The van der Waals surface area contributed by atoms with Gasteiger partial charge in [0.2, 0.25) is 0 Å². The molecule has 0 unspecified atom stereocenters. The fourth-order valence-corrected chi connectivity index (χ4v) is 4.68. The van der Waals surface area contributed by atoms with Gasteiger partial charge in [-0.05, 0) is 55.7 Å². The molecule has 0 radical (unpaired) electrons. The lowest BCUT2D eigenvalue weighted by atomic mass is 10.0. The number of benzene rings is 2. The number of carbonyl (C=O) groups is 1. The molecular weight excluding hydrogens is 480 g/mol. The second-order valence-corrected chi connectivity index (χ2v) is 9.61. The Morgan fingerprint density at radius 3 is 2.57 bits per heavy atom. The van der Waals surface area contributed by atoms with Crippen molar-refractivity contribution in [3.8, 4) is 11.3 Å². The standard InChI is InChI=1S/C27H32N4O2S.ClH/c1-5-30(4)18-28-24-15-19(2)23(14-20(24)3)16-26-29-25(17-34-26)21-6-8-22(9-7-21)27(32)31-10-12-33-13-11-31;/h6-9,14-15,17-18H,5,10-13,16H2,1-4H3;1H. The van der Waals surface area contributed by atoms with Gasteiger partial charge in [0.15, 0.2) is 0 Å². The molecule has 0 saturated carbocycles. The van der Waals surface area contributed by atoms with Crippen LogP contribution in [0, 0.1) is 13.8 Å². The fraction of sp³-hybridized carbons (Fsp3) is 0.370. The van der Waals surface area contributed by atoms with Crippen LogP contribution in [0.5, 0.6) is 0 Å². The Labute approximate surface area is 218 Å². The van der Waals surface area contributed by atoms with Crippen LogP contribution in [0.1, 0.15) is 39.0 Å². The first-order valence-corrected chi connectivity index (χ1v) is 12.6. The average Bonchev–Trinajstić information content (AvgIpc) is 3.33. The van der Waals surface area contributed by atoms with Crippen LogP contribution in [0.15, 0.2) is 46.8 Å². The summed E-state index contributed by atoms with van der Waals surface area (Å²) in [5.74, 6) is 0.0637. The molecule has 2 aromatic carbocycles. The van der Waals surface area contributed by atoms with Gasteiger partial charge in [-0.1, -0.05) is 18.2 Å². The lowest BCUT2D eigenvalue weighted by Crippen LogP contribution is -2.40. The third-order valence-corrected chi connectivity index (χ3v) is 7.02. The quantitative estimate of drug-likeness (QED) is 0.309. The summed E-state index contributed by atoms with van der Waals surface area (Å²) in [5, 5.41) is 3.17. The van der Waals surface area contributed by atoms with E-state index in [1.54, 1.807) is 11.3 Å². The minimum Gasteiger partial charge on any atom is -0.378 e. The van der Waals surface area contributed by atoms with Crippen molar-refractivity contribution in [3.05, 3.63) is 69.0 Å². The highest BCUT2D eigenvalue weighted by Crippen LogP contribution is 2.28. The van der Waals surface area contributed by atoms with Gasteiger partial charge >= 0.3 is 0 Å². The molecule has 1 fully saturated rings. The molecule has 2 heterocycles. The van der Waals surface area contributed by atoms with E-state index in [0.29, 0.717) is 31.9 Å². The van der Waals surface area contributed by atoms with Gasteiger partial charge in [-0.3, -0.25) is 4.79 Å². The van der Waals surface area contributed by atoms with Gasteiger partial charge in [-0.15, -0.1) is 23.7 Å². The summed E-state index contributed by atoms with van der Waals surface area (Å²) in [7, 11) is 2.02. The molecule has 1 saturated heterocycles. The number of hydrogen-bond acceptors (Lipinski definition) is 5. The van der Waals surface area contributed by atoms with Gasteiger partial charge in [0.05, 0.1) is 35.9 Å². The first-order valence-electron chi connectivity index (χ1n) is 11.7. The fourth-order valence-electron chi connectivity index (χ4n) is 3.85. The molecule has 35 heavy (non-hydrogen) atoms. The second kappa shape index (κ2) is 12.3. The molecular formula is C27H33ClN4O2S. The number of aliphatic imine (C=N–C) groups is 1. The van der Waals surface area contributed by atoms with E-state index in [2.05, 4.69) is 48.2 Å². The average molecular weight is 513 g/mol. The summed E-state index contributed by atoms with van der Waals surface area (Å²) in [4.78, 5) is 26.1. The zero-order chi connectivity index (χ0) is 24.1. The summed E-state index contributed by atoms with van der Waals surface area (Å²) in [6.07, 6.45) is 2.68. The summed E-state index contributed by atoms with van der Waals surface area (Å²) in [6.45, 7) is 9.79. The zero-order valence-corrected chi connectivity index (χ0v) is 22.4. The first-order chi connectivity index (χ1) is 16.4. The maximum atomic E-state index is 12.7. The topological polar surface area (TPSA) is 58.0 Å². The van der Waals surface area contributed by atoms with Crippen molar-refractivity contribution in [2.75, 3.05) is 39.9 Å². The van der Waals surface area contributed by atoms with Crippen molar-refractivity contribution in [2.24, 2.45) is 4.99 Å². The highest BCUT2D eigenvalue weighted by atomic mass is 35.5. The Morgan fingerprint density at radius 1 is 1.17 bits per heavy atom. The summed E-state index contributed by atoms with van der Waals surface area (Å²) in [6, 6.07) is 12.2. The van der Waals surface area contributed by atoms with Crippen molar-refractivity contribution in [2.45, 2.75) is 27.2 Å². The van der Waals surface area contributed by atoms with Crippen LogP contribution in [-0.2, 0) is 11.2 Å². The van der Waals surface area contributed by atoms with Gasteiger partial charge < -0.3 is 14.5 Å².